The van der Waals surface area contributed by atoms with Crippen LogP contribution in [0.4, 0.5) is 0 Å². The van der Waals surface area contributed by atoms with Gasteiger partial charge in [0.2, 0.25) is 0 Å². The molecule has 1 aromatic heterocycles. The predicted molar refractivity (Wildman–Crippen MR) is 78.1 cm³/mol. The highest BCUT2D eigenvalue weighted by Crippen LogP contribution is 2.36. The van der Waals surface area contributed by atoms with Crippen molar-refractivity contribution in [1.82, 2.24) is 15.0 Å². The number of carbonyl (C=O) groups excluding carboxylic acids is 1. The topological polar surface area (TPSA) is 104 Å². The predicted octanol–water partition coefficient (Wildman–Crippen LogP) is 1.53. The molecule has 0 atom stereocenters. The number of nitrogens with zero attached hydrogens (tertiary/aromatic N) is 3. The monoisotopic (exact) mass is 369 g/mol. The normalized spacial score (nSPS) is 10.3. The zero-order valence-electron chi connectivity index (χ0n) is 11.5. The molecule has 0 bridgehead atoms. The maximum Gasteiger partial charge on any atom is 0.325 e. The molecule has 1 N–H and O–H groups in total. The highest BCUT2D eigenvalue weighted by atomic mass is 79.9. The van der Waals surface area contributed by atoms with Crippen molar-refractivity contribution in [3.8, 4) is 11.5 Å². The van der Waals surface area contributed by atoms with Crippen molar-refractivity contribution in [2.75, 3.05) is 7.11 Å². The molecular weight excluding hydrogens is 358 g/mol. The number of benzene rings is 1. The van der Waals surface area contributed by atoms with E-state index in [0.29, 0.717) is 33.5 Å². The maximum atomic E-state index is 10.8. The lowest BCUT2D eigenvalue weighted by Gasteiger charge is -2.12. The van der Waals surface area contributed by atoms with E-state index in [4.69, 9.17) is 14.6 Å². The van der Waals surface area contributed by atoms with Crippen molar-refractivity contribution in [3.63, 3.8) is 0 Å². The number of halogens is 1. The number of hydrogen-bond donors (Lipinski definition) is 1. The fraction of sp³-hybridized carbons (Fsp3) is 0.231. The number of carboxylic acid groups (broad SMARTS) is 1. The number of aliphatic carboxylic acids is 1. The number of carboxylic acids is 1. The van der Waals surface area contributed by atoms with Gasteiger partial charge in [0.1, 0.15) is 25.1 Å². The molecule has 0 aliphatic carbocycles. The minimum atomic E-state index is -1.01. The number of rotatable bonds is 7. The molecule has 2 rings (SSSR count). The Morgan fingerprint density at radius 3 is 2.91 bits per heavy atom. The first-order valence-corrected chi connectivity index (χ1v) is 6.89. The highest BCUT2D eigenvalue weighted by molar-refractivity contribution is 9.10. The first-order valence-electron chi connectivity index (χ1n) is 6.09. The molecule has 0 spiro atoms. The van der Waals surface area contributed by atoms with E-state index in [-0.39, 0.29) is 13.2 Å². The van der Waals surface area contributed by atoms with E-state index in [1.165, 1.54) is 18.0 Å². The van der Waals surface area contributed by atoms with Crippen LogP contribution in [0.5, 0.6) is 11.5 Å². The van der Waals surface area contributed by atoms with Gasteiger partial charge in [-0.2, -0.15) is 0 Å². The Kier molecular flexibility index (Phi) is 5.10. The molecule has 0 radical (unpaired) electrons. The number of methoxy groups -OCH3 is 1. The molecule has 8 nitrogen and oxygen atoms in total. The van der Waals surface area contributed by atoms with Gasteiger partial charge in [-0.15, -0.1) is 5.10 Å². The lowest BCUT2D eigenvalue weighted by Crippen LogP contribution is -2.09. The van der Waals surface area contributed by atoms with Crippen LogP contribution in [0.15, 0.2) is 22.8 Å². The minimum absolute atomic E-state index is 0.0784. The zero-order valence-corrected chi connectivity index (χ0v) is 13.1. The third-order valence-electron chi connectivity index (χ3n) is 2.64. The van der Waals surface area contributed by atoms with Gasteiger partial charge >= 0.3 is 5.97 Å². The summed E-state index contributed by atoms with van der Waals surface area (Å²) in [6.45, 7) is -0.191. The van der Waals surface area contributed by atoms with E-state index in [9.17, 15) is 9.59 Å². The van der Waals surface area contributed by atoms with Crippen LogP contribution in [0, 0.1) is 0 Å². The van der Waals surface area contributed by atoms with Crippen LogP contribution >= 0.6 is 15.9 Å². The number of aromatic nitrogens is 3. The third kappa shape index (κ3) is 3.82. The molecule has 0 saturated heterocycles. The third-order valence-corrected chi connectivity index (χ3v) is 3.22. The van der Waals surface area contributed by atoms with Crippen LogP contribution < -0.4 is 9.47 Å². The van der Waals surface area contributed by atoms with Crippen molar-refractivity contribution in [3.05, 3.63) is 34.1 Å². The summed E-state index contributed by atoms with van der Waals surface area (Å²) in [5, 5.41) is 16.2. The van der Waals surface area contributed by atoms with E-state index < -0.39 is 5.97 Å². The van der Waals surface area contributed by atoms with Crippen LogP contribution in [0.2, 0.25) is 0 Å². The molecule has 0 amide bonds. The van der Waals surface area contributed by atoms with Crippen molar-refractivity contribution < 1.29 is 24.2 Å². The van der Waals surface area contributed by atoms with E-state index in [2.05, 4.69) is 26.2 Å². The van der Waals surface area contributed by atoms with Crippen molar-refractivity contribution >= 4 is 28.2 Å². The molecule has 2 aromatic rings. The van der Waals surface area contributed by atoms with Gasteiger partial charge < -0.3 is 14.6 Å². The van der Waals surface area contributed by atoms with E-state index >= 15 is 0 Å². The summed E-state index contributed by atoms with van der Waals surface area (Å²) in [5.41, 5.74) is 0.915. The van der Waals surface area contributed by atoms with Gasteiger partial charge in [0.15, 0.2) is 11.5 Å². The largest absolute Gasteiger partial charge is 0.493 e. The van der Waals surface area contributed by atoms with Gasteiger partial charge in [0.05, 0.1) is 17.8 Å². The van der Waals surface area contributed by atoms with E-state index in [1.54, 1.807) is 12.1 Å². The summed E-state index contributed by atoms with van der Waals surface area (Å²) in [5.74, 6) is -0.193. The minimum Gasteiger partial charge on any atom is -0.493 e. The Morgan fingerprint density at radius 1 is 1.50 bits per heavy atom. The van der Waals surface area contributed by atoms with Gasteiger partial charge in [-0.25, -0.2) is 4.68 Å². The lowest BCUT2D eigenvalue weighted by atomic mass is 10.2. The molecule has 1 aromatic carbocycles. The van der Waals surface area contributed by atoms with Crippen LogP contribution in [0.25, 0.3) is 0 Å². The van der Waals surface area contributed by atoms with Gasteiger partial charge in [0.25, 0.3) is 0 Å². The Bertz CT molecular complexity index is 701. The van der Waals surface area contributed by atoms with Gasteiger partial charge in [-0.1, -0.05) is 5.21 Å². The molecule has 0 aliphatic rings. The number of carbonyl (C=O) groups is 2. The van der Waals surface area contributed by atoms with Crippen LogP contribution in [-0.4, -0.2) is 39.5 Å². The second-order valence-corrected chi connectivity index (χ2v) is 5.10. The number of ether oxygens (including phenoxy) is 2. The Morgan fingerprint density at radius 2 is 2.27 bits per heavy atom. The maximum absolute atomic E-state index is 10.8. The Balaban J connectivity index is 2.12. The van der Waals surface area contributed by atoms with Gasteiger partial charge in [-0.3, -0.25) is 9.59 Å². The highest BCUT2D eigenvalue weighted by Gasteiger charge is 2.13. The number of hydrogen-bond acceptors (Lipinski definition) is 6. The average molecular weight is 370 g/mol. The van der Waals surface area contributed by atoms with E-state index in [1.807, 2.05) is 0 Å². The quantitative estimate of drug-likeness (QED) is 0.737. The van der Waals surface area contributed by atoms with E-state index in [0.717, 1.165) is 0 Å². The summed E-state index contributed by atoms with van der Waals surface area (Å²) >= 11 is 3.31. The second kappa shape index (κ2) is 7.03. The molecule has 116 valence electrons. The van der Waals surface area contributed by atoms with Crippen molar-refractivity contribution in [2.24, 2.45) is 0 Å². The summed E-state index contributed by atoms with van der Waals surface area (Å²) in [4.78, 5) is 21.4. The molecule has 9 heteroatoms. The van der Waals surface area contributed by atoms with Gasteiger partial charge in [0, 0.05) is 5.56 Å². The summed E-state index contributed by atoms with van der Waals surface area (Å²) in [6.07, 6.45) is 2.18. The SMILES string of the molecule is COc1cc(C=O)cc(Br)c1OCc1cn(CC(=O)O)nn1. The first kappa shape index (κ1) is 16.0. The molecule has 0 fully saturated rings. The molecule has 0 unspecified atom stereocenters. The van der Waals surface area contributed by atoms with Crippen molar-refractivity contribution in [1.29, 1.82) is 0 Å². The Labute approximate surface area is 133 Å². The first-order chi connectivity index (χ1) is 10.5. The van der Waals surface area contributed by atoms with Crippen molar-refractivity contribution in [2.45, 2.75) is 13.2 Å². The lowest BCUT2D eigenvalue weighted by molar-refractivity contribution is -0.137. The summed E-state index contributed by atoms with van der Waals surface area (Å²) in [7, 11) is 1.46. The standard InChI is InChI=1S/C13H12BrN3O5/c1-21-11-3-8(6-18)2-10(14)13(11)22-7-9-4-17(16-15-9)5-12(19)20/h2-4,6H,5,7H2,1H3,(H,19,20). The van der Waals surface area contributed by atoms with Crippen LogP contribution in [0.3, 0.4) is 0 Å². The fourth-order valence-electron chi connectivity index (χ4n) is 1.71. The summed E-state index contributed by atoms with van der Waals surface area (Å²) < 4.78 is 12.6. The fourth-order valence-corrected chi connectivity index (χ4v) is 2.29. The molecular formula is C13H12BrN3O5. The Hall–Kier alpha value is -2.42. The number of aldehydes is 1. The summed E-state index contributed by atoms with van der Waals surface area (Å²) in [6, 6.07) is 3.15. The zero-order chi connectivity index (χ0) is 16.1. The molecule has 1 heterocycles. The average Bonchev–Trinajstić information content (AvgIpc) is 2.91. The van der Waals surface area contributed by atoms with Crippen LogP contribution in [-0.2, 0) is 17.9 Å². The molecule has 22 heavy (non-hydrogen) atoms. The van der Waals surface area contributed by atoms with Gasteiger partial charge in [-0.05, 0) is 28.1 Å². The molecule has 0 aliphatic heterocycles. The molecule has 0 saturated carbocycles. The smallest absolute Gasteiger partial charge is 0.325 e. The van der Waals surface area contributed by atoms with Crippen LogP contribution in [0.1, 0.15) is 16.1 Å². The second-order valence-electron chi connectivity index (χ2n) is 4.24.